The summed E-state index contributed by atoms with van der Waals surface area (Å²) in [4.78, 5) is 10.3. The minimum Gasteiger partial charge on any atom is -0.481 e. The Hall–Kier alpha value is -0.610. The lowest BCUT2D eigenvalue weighted by Crippen LogP contribution is -1.93. The van der Waals surface area contributed by atoms with Crippen molar-refractivity contribution in [1.29, 1.82) is 0 Å². The molecule has 0 spiro atoms. The van der Waals surface area contributed by atoms with Crippen LogP contribution >= 0.6 is 0 Å². The van der Waals surface area contributed by atoms with E-state index in [-0.39, 0.29) is 0 Å². The molecule has 0 aromatic heterocycles. The van der Waals surface area contributed by atoms with Gasteiger partial charge in [-0.2, -0.15) is 0 Å². The second-order valence-corrected chi connectivity index (χ2v) is 5.39. The predicted molar refractivity (Wildman–Crippen MR) is 83.2 cm³/mol. The maximum Gasteiger partial charge on any atom is 0.303 e. The van der Waals surface area contributed by atoms with Gasteiger partial charge in [0.25, 0.3) is 0 Å². The van der Waals surface area contributed by atoms with Gasteiger partial charge < -0.3 is 5.11 Å². The molecule has 0 unspecified atom stereocenters. The Kier molecular flexibility index (Phi) is 22.4. The van der Waals surface area contributed by atoms with Crippen molar-refractivity contribution in [2.24, 2.45) is 0 Å². The lowest BCUT2D eigenvalue weighted by Gasteiger charge is -2.02. The summed E-state index contributed by atoms with van der Waals surface area (Å²) in [7, 11) is 0. The fourth-order valence-corrected chi connectivity index (χ4v) is 2.29. The van der Waals surface area contributed by atoms with E-state index in [1.165, 1.54) is 70.6 Å². The van der Waals surface area contributed by atoms with Gasteiger partial charge in [0.1, 0.15) is 0 Å². The maximum atomic E-state index is 10.3. The molecule has 20 heavy (non-hydrogen) atoms. The Balaban J connectivity index is 0. The highest BCUT2D eigenvalue weighted by Gasteiger charge is 1.96. The Morgan fingerprint density at radius 2 is 0.950 bits per heavy atom. The van der Waals surface area contributed by atoms with Crippen molar-refractivity contribution in [3.05, 3.63) is 0 Å². The Labute approximate surface area is 124 Å². The van der Waals surface area contributed by atoms with E-state index in [9.17, 15) is 4.79 Å². The molecule has 0 saturated carbocycles. The number of aliphatic carboxylic acids is 1. The van der Waals surface area contributed by atoms with Gasteiger partial charge in [-0.15, -0.1) is 0 Å². The van der Waals surface area contributed by atoms with E-state index in [4.69, 9.17) is 15.6 Å². The van der Waals surface area contributed by atoms with Crippen molar-refractivity contribution in [3.8, 4) is 0 Å². The molecule has 0 aromatic carbocycles. The lowest BCUT2D eigenvalue weighted by molar-refractivity contribution is -0.176. The van der Waals surface area contributed by atoms with Crippen LogP contribution in [0.3, 0.4) is 0 Å². The highest BCUT2D eigenvalue weighted by Crippen LogP contribution is 2.12. The van der Waals surface area contributed by atoms with Crippen LogP contribution in [0.25, 0.3) is 0 Å². The Morgan fingerprint density at radius 3 is 1.25 bits per heavy atom. The molecule has 0 fully saturated rings. The number of carboxylic acid groups (broad SMARTS) is 1. The summed E-state index contributed by atoms with van der Waals surface area (Å²) in [5.41, 5.74) is 0. The van der Waals surface area contributed by atoms with Gasteiger partial charge in [0.15, 0.2) is 0 Å². The number of carbonyl (C=O) groups is 1. The molecule has 0 saturated heterocycles. The molecule has 4 heteroatoms. The standard InChI is InChI=1S/C16H32O2.H2O2/c1-2-3-4-5-6-7-8-9-10-11-12-13-14-15-16(17)18;1-2/h2-15H2,1H3,(H,17,18);1-2H. The molecule has 0 aliphatic heterocycles. The number of hydrogen-bond donors (Lipinski definition) is 3. The molecule has 0 bridgehead atoms. The monoisotopic (exact) mass is 290 g/mol. The van der Waals surface area contributed by atoms with Crippen LogP contribution in [0.2, 0.25) is 0 Å². The molecule has 0 aliphatic rings. The van der Waals surface area contributed by atoms with Gasteiger partial charge in [-0.1, -0.05) is 84.0 Å². The topological polar surface area (TPSA) is 77.8 Å². The summed E-state index contributed by atoms with van der Waals surface area (Å²) in [6.07, 6.45) is 17.3. The van der Waals surface area contributed by atoms with E-state index in [1.54, 1.807) is 0 Å². The minimum atomic E-state index is -0.655. The normalized spacial score (nSPS) is 9.95. The van der Waals surface area contributed by atoms with Crippen LogP contribution < -0.4 is 0 Å². The number of hydrogen-bond acceptors (Lipinski definition) is 3. The molecule has 122 valence electrons. The van der Waals surface area contributed by atoms with Gasteiger partial charge in [-0.3, -0.25) is 15.3 Å². The summed E-state index contributed by atoms with van der Waals surface area (Å²) in [6.45, 7) is 2.26. The van der Waals surface area contributed by atoms with Crippen LogP contribution in [-0.4, -0.2) is 21.6 Å². The molecule has 3 N–H and O–H groups in total. The average molecular weight is 290 g/mol. The molecule has 0 amide bonds. The first-order chi connectivity index (χ1) is 9.77. The summed E-state index contributed by atoms with van der Waals surface area (Å²) in [6, 6.07) is 0. The third-order valence-electron chi connectivity index (χ3n) is 3.49. The van der Waals surface area contributed by atoms with Crippen LogP contribution in [0, 0.1) is 0 Å². The van der Waals surface area contributed by atoms with E-state index < -0.39 is 5.97 Å². The van der Waals surface area contributed by atoms with E-state index in [0.717, 1.165) is 12.8 Å². The van der Waals surface area contributed by atoms with Gasteiger partial charge >= 0.3 is 5.97 Å². The SMILES string of the molecule is CCCCCCCCCCCCCCCC(=O)O.OO. The zero-order valence-corrected chi connectivity index (χ0v) is 13.1. The summed E-state index contributed by atoms with van der Waals surface area (Å²) >= 11 is 0. The molecular formula is C16H34O4. The van der Waals surface area contributed by atoms with Gasteiger partial charge in [-0.05, 0) is 6.42 Å². The molecule has 0 radical (unpaired) electrons. The third-order valence-corrected chi connectivity index (χ3v) is 3.49. The fourth-order valence-electron chi connectivity index (χ4n) is 2.29. The smallest absolute Gasteiger partial charge is 0.303 e. The van der Waals surface area contributed by atoms with Crippen LogP contribution in [0.15, 0.2) is 0 Å². The third kappa shape index (κ3) is 22.6. The minimum absolute atomic E-state index is 0.345. The number of unbranched alkanes of at least 4 members (excludes halogenated alkanes) is 12. The van der Waals surface area contributed by atoms with Crippen LogP contribution in [0.5, 0.6) is 0 Å². The van der Waals surface area contributed by atoms with Crippen molar-refractivity contribution in [1.82, 2.24) is 0 Å². The van der Waals surface area contributed by atoms with Gasteiger partial charge in [0.05, 0.1) is 0 Å². The second-order valence-electron chi connectivity index (χ2n) is 5.39. The molecule has 0 aromatic rings. The summed E-state index contributed by atoms with van der Waals surface area (Å²) in [5, 5.41) is 20.5. The highest BCUT2D eigenvalue weighted by molar-refractivity contribution is 5.66. The number of carboxylic acids is 1. The van der Waals surface area contributed by atoms with E-state index in [2.05, 4.69) is 6.92 Å². The molecule has 0 aliphatic carbocycles. The van der Waals surface area contributed by atoms with Crippen molar-refractivity contribution in [2.75, 3.05) is 0 Å². The lowest BCUT2D eigenvalue weighted by atomic mass is 10.0. The predicted octanol–water partition coefficient (Wildman–Crippen LogP) is 5.57. The van der Waals surface area contributed by atoms with Crippen LogP contribution in [-0.2, 0) is 4.79 Å². The Morgan fingerprint density at radius 1 is 0.650 bits per heavy atom. The fraction of sp³-hybridized carbons (Fsp3) is 0.938. The summed E-state index contributed by atoms with van der Waals surface area (Å²) in [5.74, 6) is -0.655. The van der Waals surface area contributed by atoms with Crippen molar-refractivity contribution < 1.29 is 20.4 Å². The van der Waals surface area contributed by atoms with Crippen LogP contribution in [0.1, 0.15) is 96.8 Å². The quantitative estimate of drug-likeness (QED) is 0.222. The molecule has 4 nitrogen and oxygen atoms in total. The first-order valence-electron chi connectivity index (χ1n) is 8.19. The second kappa shape index (κ2) is 20.7. The zero-order valence-electron chi connectivity index (χ0n) is 13.1. The first kappa shape index (κ1) is 21.7. The summed E-state index contributed by atoms with van der Waals surface area (Å²) < 4.78 is 0. The van der Waals surface area contributed by atoms with Crippen molar-refractivity contribution in [3.63, 3.8) is 0 Å². The highest BCUT2D eigenvalue weighted by atomic mass is 17.0. The maximum absolute atomic E-state index is 10.3. The van der Waals surface area contributed by atoms with Gasteiger partial charge in [-0.25, -0.2) is 0 Å². The average Bonchev–Trinajstić information content (AvgIpc) is 2.46. The largest absolute Gasteiger partial charge is 0.481 e. The molecule has 0 heterocycles. The molecule has 0 rings (SSSR count). The number of rotatable bonds is 14. The van der Waals surface area contributed by atoms with E-state index >= 15 is 0 Å². The molecular weight excluding hydrogens is 256 g/mol. The first-order valence-corrected chi connectivity index (χ1v) is 8.19. The van der Waals surface area contributed by atoms with E-state index in [1.807, 2.05) is 0 Å². The van der Waals surface area contributed by atoms with Gasteiger partial charge in [0, 0.05) is 6.42 Å². The van der Waals surface area contributed by atoms with Gasteiger partial charge in [0.2, 0.25) is 0 Å². The zero-order chi connectivity index (χ0) is 15.5. The van der Waals surface area contributed by atoms with Crippen molar-refractivity contribution >= 4 is 5.97 Å². The van der Waals surface area contributed by atoms with E-state index in [0.29, 0.717) is 6.42 Å². The van der Waals surface area contributed by atoms with Crippen LogP contribution in [0.4, 0.5) is 0 Å². The Bertz CT molecular complexity index is 183. The van der Waals surface area contributed by atoms with Crippen molar-refractivity contribution in [2.45, 2.75) is 96.8 Å². The molecule has 0 atom stereocenters.